The van der Waals surface area contributed by atoms with Crippen LogP contribution in [0.5, 0.6) is 0 Å². The van der Waals surface area contributed by atoms with E-state index in [0.717, 1.165) is 25.3 Å². The molecule has 1 unspecified atom stereocenters. The Morgan fingerprint density at radius 2 is 2.09 bits per heavy atom. The number of carboxylic acid groups (broad SMARTS) is 1. The largest absolute Gasteiger partial charge is 0.490 e. The van der Waals surface area contributed by atoms with Crippen LogP contribution in [-0.2, 0) is 22.6 Å². The lowest BCUT2D eigenvalue weighted by Crippen LogP contribution is -2.36. The van der Waals surface area contributed by atoms with Crippen LogP contribution in [0.3, 0.4) is 0 Å². The molecule has 1 amide bonds. The number of hydrogen-bond donors (Lipinski definition) is 3. The molecule has 4 heterocycles. The van der Waals surface area contributed by atoms with E-state index in [-0.39, 0.29) is 5.91 Å². The highest BCUT2D eigenvalue weighted by Gasteiger charge is 2.41. The van der Waals surface area contributed by atoms with Gasteiger partial charge >= 0.3 is 12.1 Å². The molecule has 2 aromatic rings. The second-order valence-electron chi connectivity index (χ2n) is 7.32. The number of alkyl halides is 3. The number of hydrogen-bond acceptors (Lipinski definition) is 7. The summed E-state index contributed by atoms with van der Waals surface area (Å²) in [4.78, 5) is 29.6. The summed E-state index contributed by atoms with van der Waals surface area (Å²) in [6.07, 6.45) is -1.83. The van der Waals surface area contributed by atoms with Gasteiger partial charge in [-0.2, -0.15) is 18.4 Å². The number of carbonyl (C=O) groups is 2. The van der Waals surface area contributed by atoms with Crippen molar-refractivity contribution in [2.24, 2.45) is 5.41 Å². The van der Waals surface area contributed by atoms with E-state index < -0.39 is 17.6 Å². The molecule has 1 saturated heterocycles. The van der Waals surface area contributed by atoms with E-state index in [2.05, 4.69) is 38.0 Å². The van der Waals surface area contributed by atoms with Crippen molar-refractivity contribution in [2.45, 2.75) is 25.6 Å². The Morgan fingerprint density at radius 3 is 2.66 bits per heavy atom. The van der Waals surface area contributed by atoms with Gasteiger partial charge < -0.3 is 20.6 Å². The fraction of sp³-hybridized carbons (Fsp3) is 0.400. The average molecular weight is 467 g/mol. The first-order valence-corrected chi connectivity index (χ1v) is 10.5. The minimum atomic E-state index is -5.08. The fourth-order valence-corrected chi connectivity index (χ4v) is 4.26. The van der Waals surface area contributed by atoms with E-state index in [1.807, 2.05) is 23.5 Å². The SMILES string of the molecule is N#CC1(C(=O)Nc2ccc(N3CCc4sccc4C3)nc2)CCNC1.O=C(O)C(F)(F)F. The van der Waals surface area contributed by atoms with Gasteiger partial charge in [0, 0.05) is 24.5 Å². The maximum atomic E-state index is 12.5. The number of pyridine rings is 1. The first kappa shape index (κ1) is 23.5. The van der Waals surface area contributed by atoms with Crippen LogP contribution in [0.15, 0.2) is 29.8 Å². The highest BCUT2D eigenvalue weighted by Crippen LogP contribution is 2.29. The van der Waals surface area contributed by atoms with Gasteiger partial charge in [-0.1, -0.05) is 0 Å². The average Bonchev–Trinajstić information content (AvgIpc) is 3.43. The van der Waals surface area contributed by atoms with Gasteiger partial charge in [0.05, 0.1) is 18.0 Å². The van der Waals surface area contributed by atoms with E-state index in [1.54, 1.807) is 6.20 Å². The predicted octanol–water partition coefficient (Wildman–Crippen LogP) is 2.78. The molecule has 0 radical (unpaired) electrons. The lowest BCUT2D eigenvalue weighted by atomic mass is 9.88. The molecule has 0 saturated carbocycles. The second-order valence-corrected chi connectivity index (χ2v) is 8.32. The molecule has 1 atom stereocenters. The second kappa shape index (κ2) is 9.54. The van der Waals surface area contributed by atoms with Crippen LogP contribution in [0.25, 0.3) is 0 Å². The molecule has 0 spiro atoms. The third kappa shape index (κ3) is 5.35. The Balaban J connectivity index is 0.000000360. The van der Waals surface area contributed by atoms with Crippen LogP contribution in [0.2, 0.25) is 0 Å². The number of fused-ring (bicyclic) bond motifs is 1. The maximum absolute atomic E-state index is 12.5. The fourth-order valence-electron chi connectivity index (χ4n) is 3.37. The van der Waals surface area contributed by atoms with E-state index in [9.17, 15) is 23.2 Å². The molecular weight excluding hydrogens is 447 g/mol. The first-order chi connectivity index (χ1) is 15.1. The predicted molar refractivity (Wildman–Crippen MR) is 111 cm³/mol. The van der Waals surface area contributed by atoms with Crippen LogP contribution in [0.1, 0.15) is 16.9 Å². The molecule has 2 aliphatic heterocycles. The van der Waals surface area contributed by atoms with Crippen molar-refractivity contribution in [3.05, 3.63) is 40.2 Å². The van der Waals surface area contributed by atoms with Crippen molar-refractivity contribution in [1.82, 2.24) is 10.3 Å². The third-order valence-corrected chi connectivity index (χ3v) is 6.21. The van der Waals surface area contributed by atoms with Crippen molar-refractivity contribution in [3.8, 4) is 6.07 Å². The van der Waals surface area contributed by atoms with Crippen molar-refractivity contribution < 1.29 is 27.9 Å². The Hall–Kier alpha value is -3.17. The summed E-state index contributed by atoms with van der Waals surface area (Å²) in [5.74, 6) is -2.10. The zero-order valence-electron chi connectivity index (χ0n) is 16.8. The zero-order valence-corrected chi connectivity index (χ0v) is 17.6. The Kier molecular flexibility index (Phi) is 7.00. The van der Waals surface area contributed by atoms with Gasteiger partial charge in [0.15, 0.2) is 0 Å². The minimum absolute atomic E-state index is 0.254. The number of amides is 1. The van der Waals surface area contributed by atoms with Gasteiger partial charge in [0.1, 0.15) is 11.2 Å². The van der Waals surface area contributed by atoms with Crippen LogP contribution in [0, 0.1) is 16.7 Å². The molecule has 32 heavy (non-hydrogen) atoms. The summed E-state index contributed by atoms with van der Waals surface area (Å²) in [5, 5.41) is 24.6. The number of carboxylic acids is 1. The Bertz CT molecular complexity index is 1010. The van der Waals surface area contributed by atoms with Gasteiger partial charge in [-0.25, -0.2) is 9.78 Å². The molecule has 0 aromatic carbocycles. The molecule has 2 aliphatic rings. The molecule has 2 aromatic heterocycles. The van der Waals surface area contributed by atoms with Crippen molar-refractivity contribution in [1.29, 1.82) is 5.26 Å². The summed E-state index contributed by atoms with van der Waals surface area (Å²) in [5.41, 5.74) is 1.03. The minimum Gasteiger partial charge on any atom is -0.475 e. The molecule has 3 N–H and O–H groups in total. The third-order valence-electron chi connectivity index (χ3n) is 5.18. The molecule has 1 fully saturated rings. The topological polar surface area (TPSA) is 118 Å². The van der Waals surface area contributed by atoms with Gasteiger partial charge in [0.25, 0.3) is 0 Å². The number of nitrogens with one attached hydrogen (secondary N) is 2. The van der Waals surface area contributed by atoms with Crippen molar-refractivity contribution in [2.75, 3.05) is 29.9 Å². The summed E-state index contributed by atoms with van der Waals surface area (Å²) in [7, 11) is 0. The monoisotopic (exact) mass is 467 g/mol. The number of halogens is 3. The number of anilines is 2. The summed E-state index contributed by atoms with van der Waals surface area (Å²) < 4.78 is 31.7. The maximum Gasteiger partial charge on any atom is 0.490 e. The van der Waals surface area contributed by atoms with Crippen LogP contribution < -0.4 is 15.5 Å². The number of carbonyl (C=O) groups excluding carboxylic acids is 1. The number of nitrogens with zero attached hydrogens (tertiary/aromatic N) is 3. The molecule has 12 heteroatoms. The summed E-state index contributed by atoms with van der Waals surface area (Å²) >= 11 is 1.82. The zero-order chi connectivity index (χ0) is 23.4. The van der Waals surface area contributed by atoms with E-state index in [0.29, 0.717) is 25.2 Å². The van der Waals surface area contributed by atoms with E-state index >= 15 is 0 Å². The standard InChI is InChI=1S/C18H19N5OS.C2HF3O2/c19-11-18(5-6-20-12-18)17(24)22-14-1-2-16(21-9-14)23-7-3-15-13(10-23)4-8-25-15;3-2(4,5)1(6)7/h1-2,4,8-9,20H,3,5-7,10,12H2,(H,22,24);(H,6,7). The van der Waals surface area contributed by atoms with Crippen LogP contribution in [0.4, 0.5) is 24.7 Å². The summed E-state index contributed by atoms with van der Waals surface area (Å²) in [6, 6.07) is 8.13. The number of nitriles is 1. The van der Waals surface area contributed by atoms with E-state index in [1.165, 1.54) is 10.4 Å². The smallest absolute Gasteiger partial charge is 0.475 e. The highest BCUT2D eigenvalue weighted by atomic mass is 32.1. The number of aliphatic carboxylic acids is 1. The molecule has 0 bridgehead atoms. The molecule has 8 nitrogen and oxygen atoms in total. The molecule has 0 aliphatic carbocycles. The van der Waals surface area contributed by atoms with Gasteiger partial charge in [-0.3, -0.25) is 4.79 Å². The Labute approximate surface area is 185 Å². The number of aromatic nitrogens is 1. The molecule has 170 valence electrons. The normalized spacial score (nSPS) is 19.9. The lowest BCUT2D eigenvalue weighted by molar-refractivity contribution is -0.192. The van der Waals surface area contributed by atoms with E-state index in [4.69, 9.17) is 9.90 Å². The van der Waals surface area contributed by atoms with Crippen molar-refractivity contribution in [3.63, 3.8) is 0 Å². The van der Waals surface area contributed by atoms with Gasteiger partial charge in [-0.15, -0.1) is 11.3 Å². The van der Waals surface area contributed by atoms with Crippen LogP contribution >= 0.6 is 11.3 Å². The number of rotatable bonds is 3. The van der Waals surface area contributed by atoms with Gasteiger partial charge in [-0.05, 0) is 48.5 Å². The van der Waals surface area contributed by atoms with Gasteiger partial charge in [0.2, 0.25) is 5.91 Å². The van der Waals surface area contributed by atoms with Crippen molar-refractivity contribution >= 4 is 34.7 Å². The first-order valence-electron chi connectivity index (χ1n) is 9.64. The summed E-state index contributed by atoms with van der Waals surface area (Å²) in [6.45, 7) is 2.92. The number of thiophene rings is 1. The van der Waals surface area contributed by atoms with Crippen LogP contribution in [-0.4, -0.2) is 47.8 Å². The Morgan fingerprint density at radius 1 is 1.34 bits per heavy atom. The molecular formula is C20H20F3N5O3S. The lowest BCUT2D eigenvalue weighted by Gasteiger charge is -2.28. The highest BCUT2D eigenvalue weighted by molar-refractivity contribution is 7.10. The molecule has 4 rings (SSSR count). The quantitative estimate of drug-likeness (QED) is 0.635.